The molecule has 0 aliphatic carbocycles. The van der Waals surface area contributed by atoms with E-state index in [0.29, 0.717) is 0 Å². The van der Waals surface area contributed by atoms with Gasteiger partial charge in [-0.1, -0.05) is 0 Å². The third-order valence-electron chi connectivity index (χ3n) is 3.77. The Bertz CT molecular complexity index is 555. The number of hydrogen-bond donors (Lipinski definition) is 1. The first kappa shape index (κ1) is 13.8. The van der Waals surface area contributed by atoms with Crippen molar-refractivity contribution in [2.45, 2.75) is 47.3 Å². The molecular weight excluding hydrogens is 234 g/mol. The molecule has 0 saturated carbocycles. The van der Waals surface area contributed by atoms with Crippen LogP contribution in [-0.2, 0) is 19.6 Å². The summed E-state index contributed by atoms with van der Waals surface area (Å²) in [6.07, 6.45) is 3.78. The number of aromatic nitrogens is 2. The number of pyridine rings is 1. The van der Waals surface area contributed by atoms with Crippen LogP contribution >= 0.6 is 0 Å². The Balaban J connectivity index is 1.98. The quantitative estimate of drug-likeness (QED) is 0.892. The maximum absolute atomic E-state index is 4.18. The van der Waals surface area contributed by atoms with Crippen molar-refractivity contribution in [2.75, 3.05) is 0 Å². The maximum Gasteiger partial charge on any atom is 0.0315 e. The number of rotatable bonds is 5. The van der Waals surface area contributed by atoms with Crippen LogP contribution in [0.4, 0.5) is 0 Å². The Morgan fingerprint density at radius 2 is 1.89 bits per heavy atom. The highest BCUT2D eigenvalue weighted by molar-refractivity contribution is 5.27. The van der Waals surface area contributed by atoms with Crippen molar-refractivity contribution in [3.63, 3.8) is 0 Å². The fraction of sp³-hybridized carbons (Fsp3) is 0.438. The van der Waals surface area contributed by atoms with Crippen LogP contribution in [0.3, 0.4) is 0 Å². The van der Waals surface area contributed by atoms with E-state index in [9.17, 15) is 0 Å². The van der Waals surface area contributed by atoms with Gasteiger partial charge in [0.05, 0.1) is 0 Å². The van der Waals surface area contributed by atoms with Gasteiger partial charge >= 0.3 is 0 Å². The smallest absolute Gasteiger partial charge is 0.0315 e. The topological polar surface area (TPSA) is 29.9 Å². The first-order chi connectivity index (χ1) is 9.13. The van der Waals surface area contributed by atoms with Gasteiger partial charge in [-0.25, -0.2) is 0 Å². The molecule has 1 N–H and O–H groups in total. The molecule has 2 rings (SSSR count). The standard InChI is InChI=1S/C16H23N3/c1-5-19-13(3)8-15(14(19)4)9-18-11-16-10-17-7-6-12(16)2/h6-8,10,18H,5,9,11H2,1-4H3. The minimum Gasteiger partial charge on any atom is -0.349 e. The molecule has 3 nitrogen and oxygen atoms in total. The number of nitrogens with one attached hydrogen (secondary N) is 1. The second-order valence-corrected chi connectivity index (χ2v) is 5.05. The molecule has 102 valence electrons. The molecule has 0 aromatic carbocycles. The summed E-state index contributed by atoms with van der Waals surface area (Å²) >= 11 is 0. The van der Waals surface area contributed by atoms with Crippen molar-refractivity contribution in [3.8, 4) is 0 Å². The van der Waals surface area contributed by atoms with E-state index in [-0.39, 0.29) is 0 Å². The molecule has 0 aliphatic rings. The van der Waals surface area contributed by atoms with Gasteiger partial charge in [0.15, 0.2) is 0 Å². The van der Waals surface area contributed by atoms with Gasteiger partial charge < -0.3 is 9.88 Å². The van der Waals surface area contributed by atoms with Crippen LogP contribution in [0.5, 0.6) is 0 Å². The lowest BCUT2D eigenvalue weighted by molar-refractivity contribution is 0.672. The van der Waals surface area contributed by atoms with Crippen molar-refractivity contribution >= 4 is 0 Å². The van der Waals surface area contributed by atoms with E-state index in [4.69, 9.17) is 0 Å². The van der Waals surface area contributed by atoms with E-state index in [2.05, 4.69) is 54.7 Å². The molecule has 0 amide bonds. The van der Waals surface area contributed by atoms with Crippen molar-refractivity contribution in [1.82, 2.24) is 14.9 Å². The highest BCUT2D eigenvalue weighted by Gasteiger charge is 2.07. The highest BCUT2D eigenvalue weighted by Crippen LogP contribution is 2.15. The maximum atomic E-state index is 4.18. The third-order valence-corrected chi connectivity index (χ3v) is 3.77. The van der Waals surface area contributed by atoms with Crippen molar-refractivity contribution < 1.29 is 0 Å². The van der Waals surface area contributed by atoms with Gasteiger partial charge in [-0.2, -0.15) is 0 Å². The lowest BCUT2D eigenvalue weighted by Gasteiger charge is -2.08. The zero-order chi connectivity index (χ0) is 13.8. The second-order valence-electron chi connectivity index (χ2n) is 5.05. The molecule has 0 bridgehead atoms. The Hall–Kier alpha value is -1.61. The van der Waals surface area contributed by atoms with Crippen LogP contribution in [0.25, 0.3) is 0 Å². The fourth-order valence-corrected chi connectivity index (χ4v) is 2.55. The molecule has 0 spiro atoms. The molecular formula is C16H23N3. The number of nitrogens with zero attached hydrogens (tertiary/aromatic N) is 2. The van der Waals surface area contributed by atoms with Gasteiger partial charge in [0.1, 0.15) is 0 Å². The van der Waals surface area contributed by atoms with Gasteiger partial charge in [-0.3, -0.25) is 4.98 Å². The lowest BCUT2D eigenvalue weighted by atomic mass is 10.1. The Morgan fingerprint density at radius 3 is 2.53 bits per heavy atom. The molecule has 2 heterocycles. The van der Waals surface area contributed by atoms with Crippen LogP contribution in [0.1, 0.15) is 35.0 Å². The zero-order valence-corrected chi connectivity index (χ0v) is 12.3. The minimum absolute atomic E-state index is 0.871. The molecule has 0 radical (unpaired) electrons. The lowest BCUT2D eigenvalue weighted by Crippen LogP contribution is -2.14. The van der Waals surface area contributed by atoms with Crippen LogP contribution < -0.4 is 5.32 Å². The van der Waals surface area contributed by atoms with Gasteiger partial charge in [0.25, 0.3) is 0 Å². The molecule has 0 fully saturated rings. The van der Waals surface area contributed by atoms with Crippen LogP contribution in [0.15, 0.2) is 24.5 Å². The van der Waals surface area contributed by atoms with Gasteiger partial charge in [-0.15, -0.1) is 0 Å². The molecule has 0 saturated heterocycles. The molecule has 0 atom stereocenters. The predicted molar refractivity (Wildman–Crippen MR) is 79.1 cm³/mol. The molecule has 0 unspecified atom stereocenters. The average Bonchev–Trinajstić information content (AvgIpc) is 2.66. The number of aryl methyl sites for hydroxylation is 2. The summed E-state index contributed by atoms with van der Waals surface area (Å²) in [5.74, 6) is 0. The average molecular weight is 257 g/mol. The molecule has 3 heteroatoms. The summed E-state index contributed by atoms with van der Waals surface area (Å²) < 4.78 is 2.35. The third kappa shape index (κ3) is 3.04. The van der Waals surface area contributed by atoms with Crippen LogP contribution in [0, 0.1) is 20.8 Å². The van der Waals surface area contributed by atoms with Crippen molar-refractivity contribution in [1.29, 1.82) is 0 Å². The van der Waals surface area contributed by atoms with Gasteiger partial charge in [0.2, 0.25) is 0 Å². The molecule has 0 aliphatic heterocycles. The highest BCUT2D eigenvalue weighted by atomic mass is 15.0. The first-order valence-electron chi connectivity index (χ1n) is 6.89. The molecule has 2 aromatic rings. The zero-order valence-electron chi connectivity index (χ0n) is 12.3. The minimum atomic E-state index is 0.871. The van der Waals surface area contributed by atoms with Crippen LogP contribution in [-0.4, -0.2) is 9.55 Å². The van der Waals surface area contributed by atoms with E-state index in [1.54, 1.807) is 0 Å². The van der Waals surface area contributed by atoms with E-state index < -0.39 is 0 Å². The van der Waals surface area contributed by atoms with E-state index in [1.165, 1.54) is 28.1 Å². The summed E-state index contributed by atoms with van der Waals surface area (Å²) in [6, 6.07) is 4.34. The molecule has 2 aromatic heterocycles. The summed E-state index contributed by atoms with van der Waals surface area (Å²) in [5, 5.41) is 3.51. The normalized spacial score (nSPS) is 10.9. The summed E-state index contributed by atoms with van der Waals surface area (Å²) in [5.41, 5.74) is 6.67. The Labute approximate surface area is 115 Å². The van der Waals surface area contributed by atoms with Crippen LogP contribution in [0.2, 0.25) is 0 Å². The predicted octanol–water partition coefficient (Wildman–Crippen LogP) is 3.12. The largest absolute Gasteiger partial charge is 0.349 e. The van der Waals surface area contributed by atoms with Gasteiger partial charge in [0, 0.05) is 43.4 Å². The van der Waals surface area contributed by atoms with E-state index >= 15 is 0 Å². The van der Waals surface area contributed by atoms with E-state index in [0.717, 1.165) is 19.6 Å². The van der Waals surface area contributed by atoms with Crippen molar-refractivity contribution in [3.05, 3.63) is 52.6 Å². The van der Waals surface area contributed by atoms with E-state index in [1.807, 2.05) is 12.4 Å². The Morgan fingerprint density at radius 1 is 1.16 bits per heavy atom. The summed E-state index contributed by atoms with van der Waals surface area (Å²) in [7, 11) is 0. The monoisotopic (exact) mass is 257 g/mol. The Kier molecular flexibility index (Phi) is 4.38. The summed E-state index contributed by atoms with van der Waals surface area (Å²) in [6.45, 7) is 11.5. The second kappa shape index (κ2) is 6.02. The first-order valence-corrected chi connectivity index (χ1v) is 6.89. The molecule has 19 heavy (non-hydrogen) atoms. The number of hydrogen-bond acceptors (Lipinski definition) is 2. The fourth-order valence-electron chi connectivity index (χ4n) is 2.55. The van der Waals surface area contributed by atoms with Crippen molar-refractivity contribution in [2.24, 2.45) is 0 Å². The summed E-state index contributed by atoms with van der Waals surface area (Å²) in [4.78, 5) is 4.18. The SMILES string of the molecule is CCn1c(C)cc(CNCc2cnccc2C)c1C. The van der Waals surface area contributed by atoms with Gasteiger partial charge in [-0.05, 0) is 56.5 Å².